The SMILES string of the molecule is Cc1noc(C)c1-c1nc(N2CCOCC2)nc(N2CCOCC2)n1. The summed E-state index contributed by atoms with van der Waals surface area (Å²) in [4.78, 5) is 18.4. The highest BCUT2D eigenvalue weighted by molar-refractivity contribution is 5.62. The first kappa shape index (κ1) is 16.2. The molecule has 4 rings (SSSR count). The first-order valence-corrected chi connectivity index (χ1v) is 8.57. The highest BCUT2D eigenvalue weighted by Gasteiger charge is 2.23. The van der Waals surface area contributed by atoms with Gasteiger partial charge in [0.1, 0.15) is 5.76 Å². The lowest BCUT2D eigenvalue weighted by molar-refractivity contribution is 0.121. The molecule has 2 fully saturated rings. The van der Waals surface area contributed by atoms with Crippen molar-refractivity contribution < 1.29 is 14.0 Å². The summed E-state index contributed by atoms with van der Waals surface area (Å²) in [7, 11) is 0. The summed E-state index contributed by atoms with van der Waals surface area (Å²) in [5.74, 6) is 2.67. The zero-order chi connectivity index (χ0) is 17.2. The van der Waals surface area contributed by atoms with Gasteiger partial charge in [0.25, 0.3) is 0 Å². The van der Waals surface area contributed by atoms with Crippen molar-refractivity contribution >= 4 is 11.9 Å². The number of nitrogens with zero attached hydrogens (tertiary/aromatic N) is 6. The van der Waals surface area contributed by atoms with Crippen molar-refractivity contribution in [3.05, 3.63) is 11.5 Å². The second kappa shape index (κ2) is 6.93. The number of hydrogen-bond acceptors (Lipinski definition) is 9. The molecule has 4 heterocycles. The smallest absolute Gasteiger partial charge is 0.230 e. The Balaban J connectivity index is 1.76. The Morgan fingerprint density at radius 3 is 1.72 bits per heavy atom. The van der Waals surface area contributed by atoms with E-state index in [0.29, 0.717) is 49.9 Å². The molecule has 0 radical (unpaired) electrons. The molecule has 0 N–H and O–H groups in total. The Hall–Kier alpha value is -2.26. The van der Waals surface area contributed by atoms with E-state index in [1.165, 1.54) is 0 Å². The minimum atomic E-state index is 0.606. The molecule has 2 aliphatic heterocycles. The molecule has 2 aromatic heterocycles. The molecule has 0 bridgehead atoms. The Kier molecular flexibility index (Phi) is 4.50. The zero-order valence-corrected chi connectivity index (χ0v) is 14.6. The molecule has 0 amide bonds. The third-order valence-electron chi connectivity index (χ3n) is 4.46. The molecule has 0 spiro atoms. The van der Waals surface area contributed by atoms with Gasteiger partial charge in [0.2, 0.25) is 11.9 Å². The molecule has 0 aromatic carbocycles. The lowest BCUT2D eigenvalue weighted by atomic mass is 10.2. The number of ether oxygens (including phenoxy) is 2. The van der Waals surface area contributed by atoms with Crippen molar-refractivity contribution in [2.24, 2.45) is 0 Å². The van der Waals surface area contributed by atoms with Crippen molar-refractivity contribution in [3.8, 4) is 11.4 Å². The lowest BCUT2D eigenvalue weighted by Gasteiger charge is -2.30. The normalized spacial score (nSPS) is 18.6. The lowest BCUT2D eigenvalue weighted by Crippen LogP contribution is -2.40. The average Bonchev–Trinajstić information content (AvgIpc) is 3.01. The fourth-order valence-corrected chi connectivity index (χ4v) is 3.08. The van der Waals surface area contributed by atoms with Crippen LogP contribution >= 0.6 is 0 Å². The monoisotopic (exact) mass is 346 g/mol. The summed E-state index contributed by atoms with van der Waals surface area (Å²) in [6, 6.07) is 0. The van der Waals surface area contributed by atoms with E-state index in [2.05, 4.69) is 15.0 Å². The van der Waals surface area contributed by atoms with Crippen molar-refractivity contribution in [2.75, 3.05) is 62.4 Å². The first-order chi connectivity index (χ1) is 12.2. The van der Waals surface area contributed by atoms with E-state index in [9.17, 15) is 0 Å². The van der Waals surface area contributed by atoms with E-state index in [1.54, 1.807) is 0 Å². The second-order valence-corrected chi connectivity index (χ2v) is 6.16. The summed E-state index contributed by atoms with van der Waals surface area (Å²) in [6.45, 7) is 9.58. The van der Waals surface area contributed by atoms with E-state index in [-0.39, 0.29) is 0 Å². The Labute approximate surface area is 145 Å². The van der Waals surface area contributed by atoms with Crippen LogP contribution in [0.15, 0.2) is 4.52 Å². The number of anilines is 2. The first-order valence-electron chi connectivity index (χ1n) is 8.57. The van der Waals surface area contributed by atoms with Gasteiger partial charge in [0, 0.05) is 26.2 Å². The maximum Gasteiger partial charge on any atom is 0.230 e. The van der Waals surface area contributed by atoms with E-state index < -0.39 is 0 Å². The van der Waals surface area contributed by atoms with Crippen LogP contribution in [0.25, 0.3) is 11.4 Å². The largest absolute Gasteiger partial charge is 0.378 e. The molecule has 9 nitrogen and oxygen atoms in total. The fraction of sp³-hybridized carbons (Fsp3) is 0.625. The third kappa shape index (κ3) is 3.29. The van der Waals surface area contributed by atoms with Crippen molar-refractivity contribution in [2.45, 2.75) is 13.8 Å². The van der Waals surface area contributed by atoms with Gasteiger partial charge in [-0.15, -0.1) is 0 Å². The topological polar surface area (TPSA) is 89.6 Å². The van der Waals surface area contributed by atoms with Crippen molar-refractivity contribution in [3.63, 3.8) is 0 Å². The molecule has 0 saturated carbocycles. The Morgan fingerprint density at radius 1 is 0.760 bits per heavy atom. The predicted octanol–water partition coefficient (Wildman–Crippen LogP) is 0.817. The minimum Gasteiger partial charge on any atom is -0.378 e. The summed E-state index contributed by atoms with van der Waals surface area (Å²) in [5.41, 5.74) is 1.62. The van der Waals surface area contributed by atoms with E-state index in [0.717, 1.165) is 37.4 Å². The molecule has 2 saturated heterocycles. The summed E-state index contributed by atoms with van der Waals surface area (Å²) < 4.78 is 16.2. The quantitative estimate of drug-likeness (QED) is 0.801. The van der Waals surface area contributed by atoms with Gasteiger partial charge in [-0.25, -0.2) is 0 Å². The molecule has 25 heavy (non-hydrogen) atoms. The van der Waals surface area contributed by atoms with Gasteiger partial charge >= 0.3 is 0 Å². The van der Waals surface area contributed by atoms with Crippen LogP contribution in [0.2, 0.25) is 0 Å². The van der Waals surface area contributed by atoms with E-state index >= 15 is 0 Å². The molecular weight excluding hydrogens is 324 g/mol. The van der Waals surface area contributed by atoms with E-state index in [4.69, 9.17) is 28.9 Å². The third-order valence-corrected chi connectivity index (χ3v) is 4.46. The number of hydrogen-bond donors (Lipinski definition) is 0. The van der Waals surface area contributed by atoms with Crippen LogP contribution in [0.4, 0.5) is 11.9 Å². The molecule has 9 heteroatoms. The standard InChI is InChI=1S/C16H22N6O3/c1-11-13(12(2)25-20-11)14-17-15(21-3-7-23-8-4-21)19-16(18-14)22-5-9-24-10-6-22/h3-10H2,1-2H3. The summed E-state index contributed by atoms with van der Waals surface area (Å²) >= 11 is 0. The van der Waals surface area contributed by atoms with Crippen molar-refractivity contribution in [1.82, 2.24) is 20.1 Å². The van der Waals surface area contributed by atoms with Crippen LogP contribution in [0.1, 0.15) is 11.5 Å². The van der Waals surface area contributed by atoms with Crippen LogP contribution in [-0.4, -0.2) is 72.7 Å². The van der Waals surface area contributed by atoms with Gasteiger partial charge < -0.3 is 23.8 Å². The molecule has 0 atom stereocenters. The zero-order valence-electron chi connectivity index (χ0n) is 14.6. The molecular formula is C16H22N6O3. The van der Waals surface area contributed by atoms with Gasteiger partial charge in [-0.1, -0.05) is 5.16 Å². The van der Waals surface area contributed by atoms with Gasteiger partial charge in [-0.3, -0.25) is 0 Å². The van der Waals surface area contributed by atoms with Crippen molar-refractivity contribution in [1.29, 1.82) is 0 Å². The van der Waals surface area contributed by atoms with Crippen LogP contribution in [0.3, 0.4) is 0 Å². The maximum atomic E-state index is 5.44. The average molecular weight is 346 g/mol. The Bertz CT molecular complexity index is 682. The van der Waals surface area contributed by atoms with Crippen LogP contribution in [-0.2, 0) is 9.47 Å². The number of aryl methyl sites for hydroxylation is 2. The van der Waals surface area contributed by atoms with Gasteiger partial charge in [0.05, 0.1) is 37.7 Å². The molecule has 134 valence electrons. The summed E-state index contributed by atoms with van der Waals surface area (Å²) in [5, 5.41) is 4.03. The highest BCUT2D eigenvalue weighted by atomic mass is 16.5. The number of morpholine rings is 2. The molecule has 2 aliphatic rings. The summed E-state index contributed by atoms with van der Waals surface area (Å²) in [6.07, 6.45) is 0. The van der Waals surface area contributed by atoms with Crippen LogP contribution < -0.4 is 9.80 Å². The molecule has 0 aliphatic carbocycles. The second-order valence-electron chi connectivity index (χ2n) is 6.16. The van der Waals surface area contributed by atoms with E-state index in [1.807, 2.05) is 13.8 Å². The Morgan fingerprint density at radius 2 is 1.28 bits per heavy atom. The highest BCUT2D eigenvalue weighted by Crippen LogP contribution is 2.27. The predicted molar refractivity (Wildman–Crippen MR) is 90.9 cm³/mol. The molecule has 0 unspecified atom stereocenters. The number of rotatable bonds is 3. The maximum absolute atomic E-state index is 5.44. The molecule has 2 aromatic rings. The van der Waals surface area contributed by atoms with Gasteiger partial charge in [-0.2, -0.15) is 15.0 Å². The van der Waals surface area contributed by atoms with Gasteiger partial charge in [0.15, 0.2) is 5.82 Å². The van der Waals surface area contributed by atoms with Crippen LogP contribution in [0.5, 0.6) is 0 Å². The van der Waals surface area contributed by atoms with Crippen LogP contribution in [0, 0.1) is 13.8 Å². The number of aromatic nitrogens is 4. The minimum absolute atomic E-state index is 0.606. The van der Waals surface area contributed by atoms with Gasteiger partial charge in [-0.05, 0) is 13.8 Å². The fourth-order valence-electron chi connectivity index (χ4n) is 3.08.